The zero-order valence-electron chi connectivity index (χ0n) is 10.9. The molecule has 100 valence electrons. The van der Waals surface area contributed by atoms with Crippen molar-refractivity contribution in [2.75, 3.05) is 6.54 Å². The molecule has 1 atom stereocenters. The average Bonchev–Trinajstić information content (AvgIpc) is 2.26. The first-order valence-corrected chi connectivity index (χ1v) is 6.41. The van der Waals surface area contributed by atoms with E-state index in [0.29, 0.717) is 0 Å². The van der Waals surface area contributed by atoms with E-state index < -0.39 is 6.03 Å². The molecular formula is C12H25N3O2. The van der Waals surface area contributed by atoms with Gasteiger partial charge in [-0.2, -0.15) is 0 Å². The van der Waals surface area contributed by atoms with Gasteiger partial charge in [0.05, 0.1) is 6.04 Å². The summed E-state index contributed by atoms with van der Waals surface area (Å²) < 4.78 is 0. The van der Waals surface area contributed by atoms with E-state index in [1.807, 2.05) is 5.32 Å². The van der Waals surface area contributed by atoms with Crippen LogP contribution in [0.5, 0.6) is 0 Å². The van der Waals surface area contributed by atoms with Crippen molar-refractivity contribution >= 4 is 11.9 Å². The van der Waals surface area contributed by atoms with E-state index in [-0.39, 0.29) is 11.9 Å². The van der Waals surface area contributed by atoms with Gasteiger partial charge in [0.15, 0.2) is 0 Å². The van der Waals surface area contributed by atoms with Crippen LogP contribution in [0.4, 0.5) is 4.79 Å². The molecule has 3 amide bonds. The Morgan fingerprint density at radius 3 is 2.29 bits per heavy atom. The summed E-state index contributed by atoms with van der Waals surface area (Å²) in [7, 11) is 0. The Labute approximate surface area is 104 Å². The minimum Gasteiger partial charge on any atom is -0.351 e. The predicted molar refractivity (Wildman–Crippen MR) is 68.6 cm³/mol. The molecule has 0 fully saturated rings. The Hall–Kier alpha value is -1.10. The zero-order chi connectivity index (χ0) is 13.1. The van der Waals surface area contributed by atoms with Crippen LogP contribution in [0.1, 0.15) is 52.4 Å². The number of unbranched alkanes of at least 4 members (excludes halogenated alkanes) is 5. The predicted octanol–water partition coefficient (Wildman–Crippen LogP) is 1.52. The van der Waals surface area contributed by atoms with Crippen molar-refractivity contribution < 1.29 is 9.59 Å². The summed E-state index contributed by atoms with van der Waals surface area (Å²) in [6, 6.07) is -1.18. The van der Waals surface area contributed by atoms with Crippen molar-refractivity contribution in [3.05, 3.63) is 0 Å². The summed E-state index contributed by atoms with van der Waals surface area (Å²) in [4.78, 5) is 21.7. The van der Waals surface area contributed by atoms with E-state index in [0.717, 1.165) is 13.0 Å². The minimum absolute atomic E-state index is 0.372. The Morgan fingerprint density at radius 1 is 1.12 bits per heavy atom. The number of carbonyl (C=O) groups is 2. The van der Waals surface area contributed by atoms with Crippen molar-refractivity contribution in [2.45, 2.75) is 58.4 Å². The van der Waals surface area contributed by atoms with Gasteiger partial charge in [-0.3, -0.25) is 10.1 Å². The highest BCUT2D eigenvalue weighted by molar-refractivity contribution is 5.96. The van der Waals surface area contributed by atoms with Gasteiger partial charge in [0.25, 0.3) is 0 Å². The zero-order valence-corrected chi connectivity index (χ0v) is 10.9. The standard InChI is InChI=1S/C12H25N3O2/c1-3-4-5-6-7-8-9-14-10(2)11(16)15-12(13)17/h10,14H,3-9H2,1-2H3,(H3,13,15,16,17). The van der Waals surface area contributed by atoms with Gasteiger partial charge < -0.3 is 11.1 Å². The molecule has 0 aliphatic heterocycles. The Morgan fingerprint density at radius 2 is 1.71 bits per heavy atom. The maximum Gasteiger partial charge on any atom is 0.318 e. The maximum absolute atomic E-state index is 11.3. The second-order valence-electron chi connectivity index (χ2n) is 4.30. The first kappa shape index (κ1) is 15.9. The normalized spacial score (nSPS) is 12.1. The van der Waals surface area contributed by atoms with Gasteiger partial charge in [-0.25, -0.2) is 4.79 Å². The highest BCUT2D eigenvalue weighted by Gasteiger charge is 2.12. The monoisotopic (exact) mass is 243 g/mol. The van der Waals surface area contributed by atoms with Gasteiger partial charge in [-0.1, -0.05) is 39.0 Å². The SMILES string of the molecule is CCCCCCCCNC(C)C(=O)NC(N)=O. The average molecular weight is 243 g/mol. The number of hydrogen-bond acceptors (Lipinski definition) is 3. The lowest BCUT2D eigenvalue weighted by Gasteiger charge is -2.12. The number of nitrogens with one attached hydrogen (secondary N) is 2. The molecule has 0 saturated carbocycles. The second kappa shape index (κ2) is 10.1. The number of primary amides is 1. The molecule has 0 aromatic rings. The molecule has 0 saturated heterocycles. The van der Waals surface area contributed by atoms with Crippen molar-refractivity contribution in [3.8, 4) is 0 Å². The van der Waals surface area contributed by atoms with E-state index in [1.165, 1.54) is 32.1 Å². The molecule has 0 aromatic carbocycles. The molecule has 5 nitrogen and oxygen atoms in total. The number of rotatable bonds is 9. The molecule has 0 aliphatic carbocycles. The van der Waals surface area contributed by atoms with E-state index in [2.05, 4.69) is 12.2 Å². The fraction of sp³-hybridized carbons (Fsp3) is 0.833. The smallest absolute Gasteiger partial charge is 0.318 e. The third-order valence-electron chi connectivity index (χ3n) is 2.62. The minimum atomic E-state index is -0.803. The van der Waals surface area contributed by atoms with Crippen molar-refractivity contribution in [1.82, 2.24) is 10.6 Å². The fourth-order valence-corrected chi connectivity index (χ4v) is 1.55. The lowest BCUT2D eigenvalue weighted by atomic mass is 10.1. The third kappa shape index (κ3) is 9.81. The van der Waals surface area contributed by atoms with E-state index in [4.69, 9.17) is 5.73 Å². The number of carbonyl (C=O) groups excluding carboxylic acids is 2. The summed E-state index contributed by atoms with van der Waals surface area (Å²) in [5.74, 6) is -0.372. The highest BCUT2D eigenvalue weighted by Crippen LogP contribution is 2.04. The van der Waals surface area contributed by atoms with Crippen LogP contribution in [0, 0.1) is 0 Å². The number of nitrogens with two attached hydrogens (primary N) is 1. The molecule has 5 heteroatoms. The van der Waals surface area contributed by atoms with Crippen LogP contribution in [-0.2, 0) is 4.79 Å². The molecule has 0 heterocycles. The topological polar surface area (TPSA) is 84.2 Å². The summed E-state index contributed by atoms with van der Waals surface area (Å²) in [5, 5.41) is 5.11. The van der Waals surface area contributed by atoms with Gasteiger partial charge >= 0.3 is 6.03 Å². The number of amides is 3. The maximum atomic E-state index is 11.3. The molecule has 0 spiro atoms. The van der Waals surface area contributed by atoms with Crippen LogP contribution in [0.15, 0.2) is 0 Å². The van der Waals surface area contributed by atoms with E-state index >= 15 is 0 Å². The quantitative estimate of drug-likeness (QED) is 0.537. The number of imide groups is 1. The van der Waals surface area contributed by atoms with Crippen molar-refractivity contribution in [1.29, 1.82) is 0 Å². The molecular weight excluding hydrogens is 218 g/mol. The van der Waals surface area contributed by atoms with Crippen LogP contribution in [0.2, 0.25) is 0 Å². The number of urea groups is 1. The van der Waals surface area contributed by atoms with Crippen LogP contribution < -0.4 is 16.4 Å². The first-order valence-electron chi connectivity index (χ1n) is 6.41. The third-order valence-corrected chi connectivity index (χ3v) is 2.62. The largest absolute Gasteiger partial charge is 0.351 e. The summed E-state index contributed by atoms with van der Waals surface area (Å²) >= 11 is 0. The molecule has 0 aliphatic rings. The highest BCUT2D eigenvalue weighted by atomic mass is 16.2. The molecule has 17 heavy (non-hydrogen) atoms. The summed E-state index contributed by atoms with van der Waals surface area (Å²) in [6.07, 6.45) is 7.31. The van der Waals surface area contributed by atoms with Crippen LogP contribution in [0.25, 0.3) is 0 Å². The molecule has 4 N–H and O–H groups in total. The van der Waals surface area contributed by atoms with Gasteiger partial charge in [0, 0.05) is 0 Å². The Balaban J connectivity index is 3.41. The molecule has 0 bridgehead atoms. The molecule has 0 aromatic heterocycles. The fourth-order valence-electron chi connectivity index (χ4n) is 1.55. The lowest BCUT2D eigenvalue weighted by Crippen LogP contribution is -2.46. The molecule has 0 rings (SSSR count). The van der Waals surface area contributed by atoms with Crippen LogP contribution >= 0.6 is 0 Å². The van der Waals surface area contributed by atoms with Gasteiger partial charge in [0.1, 0.15) is 0 Å². The molecule has 1 unspecified atom stereocenters. The Bertz CT molecular complexity index is 232. The first-order chi connectivity index (χ1) is 8.07. The van der Waals surface area contributed by atoms with E-state index in [1.54, 1.807) is 6.92 Å². The summed E-state index contributed by atoms with van der Waals surface area (Å²) in [6.45, 7) is 4.70. The van der Waals surface area contributed by atoms with Gasteiger partial charge in [0.2, 0.25) is 5.91 Å². The second-order valence-corrected chi connectivity index (χ2v) is 4.30. The van der Waals surface area contributed by atoms with Crippen LogP contribution in [0.3, 0.4) is 0 Å². The van der Waals surface area contributed by atoms with Crippen LogP contribution in [-0.4, -0.2) is 24.5 Å². The number of hydrogen-bond donors (Lipinski definition) is 3. The van der Waals surface area contributed by atoms with Crippen molar-refractivity contribution in [3.63, 3.8) is 0 Å². The molecule has 0 radical (unpaired) electrons. The van der Waals surface area contributed by atoms with Gasteiger partial charge in [-0.05, 0) is 19.9 Å². The van der Waals surface area contributed by atoms with Gasteiger partial charge in [-0.15, -0.1) is 0 Å². The van der Waals surface area contributed by atoms with E-state index in [9.17, 15) is 9.59 Å². The Kier molecular flexibility index (Phi) is 9.43. The van der Waals surface area contributed by atoms with Crippen molar-refractivity contribution in [2.24, 2.45) is 5.73 Å². The lowest BCUT2D eigenvalue weighted by molar-refractivity contribution is -0.121. The summed E-state index contributed by atoms with van der Waals surface area (Å²) in [5.41, 5.74) is 4.86.